The topological polar surface area (TPSA) is 80.9 Å². The largest absolute Gasteiger partial charge is 0.480 e. The lowest BCUT2D eigenvalue weighted by Crippen LogP contribution is -2.35. The van der Waals surface area contributed by atoms with Gasteiger partial charge in [-0.15, -0.1) is 0 Å². The number of carboxylic acid groups (broad SMARTS) is 1. The van der Waals surface area contributed by atoms with Crippen LogP contribution in [0.3, 0.4) is 0 Å². The monoisotopic (exact) mass is 215 g/mol. The lowest BCUT2D eigenvalue weighted by molar-refractivity contribution is -0.138. The number of hydrogen-bond donors (Lipinski definition) is 4. The first-order valence-electron chi connectivity index (χ1n) is 4.32. The second-order valence-corrected chi connectivity index (χ2v) is 3.44. The molecule has 0 fully saturated rings. The van der Waals surface area contributed by atoms with Gasteiger partial charge >= 0.3 is 5.97 Å². The van der Waals surface area contributed by atoms with Crippen LogP contribution in [0.25, 0.3) is 0 Å². The van der Waals surface area contributed by atoms with Crippen LogP contribution in [0.1, 0.15) is 12.6 Å². The van der Waals surface area contributed by atoms with Crippen molar-refractivity contribution in [1.82, 2.24) is 15.3 Å². The van der Waals surface area contributed by atoms with Crippen LogP contribution in [0.2, 0.25) is 0 Å². The summed E-state index contributed by atoms with van der Waals surface area (Å²) in [5.74, 6) is -0.841. The number of aromatic amines is 2. The molecular formula is C8H13N3O2S. The molecule has 0 spiro atoms. The molecule has 1 heterocycles. The van der Waals surface area contributed by atoms with Gasteiger partial charge in [0.1, 0.15) is 6.04 Å². The number of aliphatic carboxylic acids is 1. The first-order chi connectivity index (χ1) is 6.59. The predicted octanol–water partition coefficient (Wildman–Crippen LogP) is 0.677. The number of hydrogen-bond acceptors (Lipinski definition) is 3. The summed E-state index contributed by atoms with van der Waals surface area (Å²) in [6.07, 6.45) is 2.51. The molecule has 4 N–H and O–H groups in total. The van der Waals surface area contributed by atoms with E-state index < -0.39 is 12.0 Å². The summed E-state index contributed by atoms with van der Waals surface area (Å²) in [6, 6.07) is -0.517. The molecule has 0 aromatic carbocycles. The fourth-order valence-corrected chi connectivity index (χ4v) is 1.21. The Morgan fingerprint density at radius 2 is 2.50 bits per heavy atom. The van der Waals surface area contributed by atoms with Gasteiger partial charge in [0.15, 0.2) is 4.77 Å². The smallest absolute Gasteiger partial charge is 0.320 e. The summed E-state index contributed by atoms with van der Waals surface area (Å²) in [5, 5.41) is 11.5. The number of aromatic nitrogens is 2. The van der Waals surface area contributed by atoms with Gasteiger partial charge in [-0.1, -0.05) is 0 Å². The first-order valence-corrected chi connectivity index (χ1v) is 4.73. The van der Waals surface area contributed by atoms with Gasteiger partial charge in [-0.2, -0.15) is 0 Å². The maximum Gasteiger partial charge on any atom is 0.320 e. The van der Waals surface area contributed by atoms with Crippen LogP contribution in [-0.4, -0.2) is 33.6 Å². The molecule has 0 aliphatic carbocycles. The summed E-state index contributed by atoms with van der Waals surface area (Å²) in [6.45, 7) is 2.22. The van der Waals surface area contributed by atoms with E-state index in [0.29, 0.717) is 11.3 Å². The quantitative estimate of drug-likeness (QED) is 0.544. The van der Waals surface area contributed by atoms with E-state index >= 15 is 0 Å². The van der Waals surface area contributed by atoms with Crippen molar-refractivity contribution in [3.8, 4) is 0 Å². The lowest BCUT2D eigenvalue weighted by atomic mass is 10.3. The molecule has 0 bridgehead atoms. The summed E-state index contributed by atoms with van der Waals surface area (Å²) >= 11 is 4.85. The second-order valence-electron chi connectivity index (χ2n) is 3.03. The Morgan fingerprint density at radius 3 is 3.00 bits per heavy atom. The predicted molar refractivity (Wildman–Crippen MR) is 54.8 cm³/mol. The Kier molecular flexibility index (Phi) is 3.84. The Bertz CT molecular complexity index is 357. The molecular weight excluding hydrogens is 202 g/mol. The van der Waals surface area contributed by atoms with Crippen LogP contribution in [0.4, 0.5) is 0 Å². The van der Waals surface area contributed by atoms with Gasteiger partial charge in [-0.05, 0) is 19.1 Å². The van der Waals surface area contributed by atoms with Gasteiger partial charge in [-0.25, -0.2) is 0 Å². The Labute approximate surface area is 86.5 Å². The number of H-pyrrole nitrogens is 2. The molecule has 1 aromatic heterocycles. The normalized spacial score (nSPS) is 12.6. The van der Waals surface area contributed by atoms with Gasteiger partial charge in [0.25, 0.3) is 0 Å². The van der Waals surface area contributed by atoms with Crippen LogP contribution in [0, 0.1) is 4.77 Å². The van der Waals surface area contributed by atoms with E-state index in [4.69, 9.17) is 17.3 Å². The van der Waals surface area contributed by atoms with Crippen LogP contribution in [0.15, 0.2) is 6.20 Å². The third-order valence-corrected chi connectivity index (χ3v) is 2.09. The Balaban J connectivity index is 2.28. The molecule has 0 aliphatic heterocycles. The van der Waals surface area contributed by atoms with Crippen molar-refractivity contribution in [2.75, 3.05) is 6.54 Å². The van der Waals surface area contributed by atoms with Crippen molar-refractivity contribution < 1.29 is 9.90 Å². The highest BCUT2D eigenvalue weighted by molar-refractivity contribution is 7.71. The summed E-state index contributed by atoms with van der Waals surface area (Å²) in [7, 11) is 0. The van der Waals surface area contributed by atoms with Gasteiger partial charge in [0.2, 0.25) is 0 Å². The standard InChI is InChI=1S/C8H13N3O2S/c1-5(7(12)13)9-3-2-6-4-10-8(14)11-6/h4-5,9H,2-3H2,1H3,(H,12,13)(H2,10,11,14). The molecule has 78 valence electrons. The van der Waals surface area contributed by atoms with E-state index in [-0.39, 0.29) is 0 Å². The highest BCUT2D eigenvalue weighted by Gasteiger charge is 2.08. The summed E-state index contributed by atoms with van der Waals surface area (Å²) in [5.41, 5.74) is 0.972. The molecule has 1 aromatic rings. The van der Waals surface area contributed by atoms with Gasteiger partial charge in [0.05, 0.1) is 0 Å². The third kappa shape index (κ3) is 3.31. The van der Waals surface area contributed by atoms with Crippen LogP contribution in [0.5, 0.6) is 0 Å². The summed E-state index contributed by atoms with van der Waals surface area (Å²) < 4.78 is 0.589. The van der Waals surface area contributed by atoms with E-state index in [1.54, 1.807) is 13.1 Å². The van der Waals surface area contributed by atoms with Crippen molar-refractivity contribution in [3.63, 3.8) is 0 Å². The van der Waals surface area contributed by atoms with Crippen LogP contribution < -0.4 is 5.32 Å². The molecule has 1 unspecified atom stereocenters. The van der Waals surface area contributed by atoms with Crippen molar-refractivity contribution in [2.45, 2.75) is 19.4 Å². The average Bonchev–Trinajstić information content (AvgIpc) is 2.51. The molecule has 1 rings (SSSR count). The molecule has 14 heavy (non-hydrogen) atoms. The van der Waals surface area contributed by atoms with Crippen molar-refractivity contribution in [1.29, 1.82) is 0 Å². The van der Waals surface area contributed by atoms with Crippen molar-refractivity contribution in [2.24, 2.45) is 0 Å². The highest BCUT2D eigenvalue weighted by atomic mass is 32.1. The molecule has 0 amide bonds. The van der Waals surface area contributed by atoms with Crippen molar-refractivity contribution >= 4 is 18.2 Å². The van der Waals surface area contributed by atoms with Gasteiger partial charge < -0.3 is 20.4 Å². The third-order valence-electron chi connectivity index (χ3n) is 1.87. The molecule has 6 heteroatoms. The maximum atomic E-state index is 10.5. The fourth-order valence-electron chi connectivity index (χ4n) is 1.02. The Morgan fingerprint density at radius 1 is 1.79 bits per heavy atom. The van der Waals surface area contributed by atoms with E-state index in [0.717, 1.165) is 12.1 Å². The number of carboxylic acids is 1. The van der Waals surface area contributed by atoms with Gasteiger partial charge in [0, 0.05) is 24.9 Å². The number of imidazole rings is 1. The molecule has 0 aliphatic rings. The minimum Gasteiger partial charge on any atom is -0.480 e. The minimum absolute atomic E-state index is 0.517. The van der Waals surface area contributed by atoms with Gasteiger partial charge in [-0.3, -0.25) is 4.79 Å². The van der Waals surface area contributed by atoms with Crippen LogP contribution >= 0.6 is 12.2 Å². The van der Waals surface area contributed by atoms with Crippen molar-refractivity contribution in [3.05, 3.63) is 16.7 Å². The molecule has 0 saturated carbocycles. The fraction of sp³-hybridized carbons (Fsp3) is 0.500. The maximum absolute atomic E-state index is 10.5. The number of rotatable bonds is 5. The second kappa shape index (κ2) is 4.92. The van der Waals surface area contributed by atoms with E-state index in [1.165, 1.54) is 0 Å². The SMILES string of the molecule is CC(NCCc1c[nH]c(=S)[nH]1)C(=O)O. The number of carbonyl (C=O) groups is 1. The zero-order chi connectivity index (χ0) is 10.6. The number of nitrogens with one attached hydrogen (secondary N) is 3. The molecule has 0 saturated heterocycles. The van der Waals surface area contributed by atoms with E-state index in [1.807, 2.05) is 0 Å². The zero-order valence-corrected chi connectivity index (χ0v) is 8.65. The van der Waals surface area contributed by atoms with Crippen LogP contribution in [-0.2, 0) is 11.2 Å². The minimum atomic E-state index is -0.841. The van der Waals surface area contributed by atoms with E-state index in [9.17, 15) is 4.79 Å². The van der Waals surface area contributed by atoms with E-state index in [2.05, 4.69) is 15.3 Å². The average molecular weight is 215 g/mol. The lowest BCUT2D eigenvalue weighted by Gasteiger charge is -2.07. The molecule has 1 atom stereocenters. The molecule has 0 radical (unpaired) electrons. The first kappa shape index (κ1) is 10.9. The molecule has 5 nitrogen and oxygen atoms in total. The zero-order valence-electron chi connectivity index (χ0n) is 7.83. The highest BCUT2D eigenvalue weighted by Crippen LogP contribution is 1.93. The summed E-state index contributed by atoms with van der Waals surface area (Å²) in [4.78, 5) is 16.2. The Hall–Kier alpha value is -1.14.